The third kappa shape index (κ3) is 3.79. The Labute approximate surface area is 205 Å². The summed E-state index contributed by atoms with van der Waals surface area (Å²) in [6.07, 6.45) is 5.23. The number of primary amides is 1. The van der Waals surface area contributed by atoms with Gasteiger partial charge in [-0.1, -0.05) is 12.5 Å². The van der Waals surface area contributed by atoms with E-state index >= 15 is 4.39 Å². The number of nitrogens with two attached hydrogens (primary N) is 1. The van der Waals surface area contributed by atoms with E-state index in [1.54, 1.807) is 21.2 Å². The molecule has 3 N–H and O–H groups in total. The van der Waals surface area contributed by atoms with E-state index in [2.05, 4.69) is 33.8 Å². The highest BCUT2D eigenvalue weighted by Gasteiger charge is 2.35. The first-order valence-corrected chi connectivity index (χ1v) is 11.6. The molecule has 186 valence electrons. The van der Waals surface area contributed by atoms with E-state index in [-0.39, 0.29) is 40.8 Å². The van der Waals surface area contributed by atoms with Gasteiger partial charge in [-0.2, -0.15) is 5.10 Å². The molecule has 2 atom stereocenters. The van der Waals surface area contributed by atoms with E-state index in [0.29, 0.717) is 24.3 Å². The van der Waals surface area contributed by atoms with Crippen LogP contribution in [0, 0.1) is 23.5 Å². The van der Waals surface area contributed by atoms with Gasteiger partial charge in [-0.3, -0.25) is 9.59 Å². The van der Waals surface area contributed by atoms with Gasteiger partial charge in [0, 0.05) is 31.7 Å². The third-order valence-corrected chi connectivity index (χ3v) is 6.76. The summed E-state index contributed by atoms with van der Waals surface area (Å²) in [5, 5.41) is 7.39. The van der Waals surface area contributed by atoms with E-state index in [0.717, 1.165) is 12.8 Å². The fraction of sp³-hybridized carbons (Fsp3) is 0.360. The summed E-state index contributed by atoms with van der Waals surface area (Å²) in [5.41, 5.74) is 5.57. The van der Waals surface area contributed by atoms with Gasteiger partial charge in [0.2, 0.25) is 5.91 Å². The lowest BCUT2D eigenvalue weighted by Crippen LogP contribution is -2.32. The summed E-state index contributed by atoms with van der Waals surface area (Å²) in [6, 6.07) is 1.09. The van der Waals surface area contributed by atoms with Crippen LogP contribution in [0.15, 0.2) is 25.0 Å². The Morgan fingerprint density at radius 3 is 2.67 bits per heavy atom. The Bertz CT molecular complexity index is 1480. The first-order valence-electron chi connectivity index (χ1n) is 11.6. The first kappa shape index (κ1) is 23.5. The number of hydrogen-bond donors (Lipinski definition) is 2. The van der Waals surface area contributed by atoms with Crippen molar-refractivity contribution in [2.24, 2.45) is 5.73 Å². The molecule has 36 heavy (non-hydrogen) atoms. The highest BCUT2D eigenvalue weighted by atomic mass is 19.1. The lowest BCUT2D eigenvalue weighted by molar-refractivity contribution is -0.126. The number of benzene rings is 1. The number of fused-ring (bicyclic) bond motifs is 1. The maximum absolute atomic E-state index is 15.2. The topological polar surface area (TPSA) is 111 Å². The molecule has 2 fully saturated rings. The number of hydrogen-bond acceptors (Lipinski definition) is 5. The van der Waals surface area contributed by atoms with Crippen molar-refractivity contribution in [2.75, 3.05) is 18.9 Å². The van der Waals surface area contributed by atoms with E-state index in [1.807, 2.05) is 6.92 Å². The van der Waals surface area contributed by atoms with Crippen LogP contribution in [0.3, 0.4) is 0 Å². The third-order valence-electron chi connectivity index (χ3n) is 6.76. The zero-order chi connectivity index (χ0) is 25.7. The number of nitrogens with zero attached hydrogens (tertiary/aromatic N) is 5. The summed E-state index contributed by atoms with van der Waals surface area (Å²) in [6.45, 7) is 5.79. The van der Waals surface area contributed by atoms with E-state index in [9.17, 15) is 14.0 Å². The molecule has 2 amide bonds. The smallest absolute Gasteiger partial charge is 0.255 e. The number of carbonyl (C=O) groups is 2. The number of nitrogens with one attached hydrogen (secondary N) is 1. The second-order valence-electron chi connectivity index (χ2n) is 9.11. The molecule has 1 aliphatic carbocycles. The fourth-order valence-corrected chi connectivity index (χ4v) is 4.84. The molecular formula is C25H25F2N7O2. The van der Waals surface area contributed by atoms with Crippen LogP contribution in [0.1, 0.15) is 59.9 Å². The molecule has 1 saturated heterocycles. The summed E-state index contributed by atoms with van der Waals surface area (Å²) < 4.78 is 33.4. The molecule has 0 spiro atoms. The van der Waals surface area contributed by atoms with Crippen LogP contribution < -0.4 is 11.1 Å². The van der Waals surface area contributed by atoms with Crippen LogP contribution in [0.5, 0.6) is 0 Å². The van der Waals surface area contributed by atoms with Gasteiger partial charge in [0.15, 0.2) is 11.5 Å². The molecular weight excluding hydrogens is 468 g/mol. The molecule has 3 aromatic rings. The monoisotopic (exact) mass is 493 g/mol. The minimum Gasteiger partial charge on any atom is -0.373 e. The average molecular weight is 494 g/mol. The molecule has 11 heteroatoms. The maximum Gasteiger partial charge on any atom is 0.255 e. The first-order chi connectivity index (χ1) is 17.2. The zero-order valence-electron chi connectivity index (χ0n) is 19.9. The van der Waals surface area contributed by atoms with Gasteiger partial charge in [-0.15, -0.1) is 0 Å². The number of halogens is 2. The van der Waals surface area contributed by atoms with Gasteiger partial charge in [-0.05, 0) is 38.2 Å². The van der Waals surface area contributed by atoms with Crippen molar-refractivity contribution >= 4 is 28.7 Å². The Morgan fingerprint density at radius 2 is 2.03 bits per heavy atom. The van der Waals surface area contributed by atoms with Gasteiger partial charge in [-0.25, -0.2) is 18.4 Å². The predicted octanol–water partition coefficient (Wildman–Crippen LogP) is 2.73. The normalized spacial score (nSPS) is 19.3. The predicted molar refractivity (Wildman–Crippen MR) is 129 cm³/mol. The largest absolute Gasteiger partial charge is 0.373 e. The van der Waals surface area contributed by atoms with Crippen LogP contribution in [0.2, 0.25) is 0 Å². The number of likely N-dealkylation sites (tertiary alicyclic amines) is 1. The highest BCUT2D eigenvalue weighted by molar-refractivity contribution is 6.00. The number of amides is 2. The maximum atomic E-state index is 15.2. The molecule has 3 heterocycles. The van der Waals surface area contributed by atoms with Crippen molar-refractivity contribution in [1.82, 2.24) is 24.2 Å². The zero-order valence-corrected chi connectivity index (χ0v) is 19.9. The molecule has 1 aliphatic heterocycles. The van der Waals surface area contributed by atoms with E-state index < -0.39 is 23.1 Å². The number of anilines is 1. The molecule has 2 aliphatic rings. The number of aromatic nitrogens is 4. The van der Waals surface area contributed by atoms with E-state index in [1.165, 1.54) is 18.5 Å². The molecule has 0 radical (unpaired) electrons. The number of imidazole rings is 1. The summed E-state index contributed by atoms with van der Waals surface area (Å²) in [4.78, 5) is 30.3. The Morgan fingerprint density at radius 1 is 1.28 bits per heavy atom. The Hall–Kier alpha value is -4.20. The molecule has 5 rings (SSSR count). The summed E-state index contributed by atoms with van der Waals surface area (Å²) >= 11 is 0. The van der Waals surface area contributed by atoms with Crippen molar-refractivity contribution in [3.63, 3.8) is 0 Å². The molecule has 0 bridgehead atoms. The van der Waals surface area contributed by atoms with Gasteiger partial charge in [0.1, 0.15) is 22.7 Å². The molecule has 2 aromatic heterocycles. The van der Waals surface area contributed by atoms with Gasteiger partial charge < -0.3 is 20.5 Å². The lowest BCUT2D eigenvalue weighted by Gasteiger charge is -2.19. The molecule has 1 aromatic carbocycles. The number of rotatable bonds is 5. The quantitative estimate of drug-likeness (QED) is 0.420. The summed E-state index contributed by atoms with van der Waals surface area (Å²) in [5.74, 6) is 2.77. The minimum atomic E-state index is -0.867. The Balaban J connectivity index is 1.56. The summed E-state index contributed by atoms with van der Waals surface area (Å²) in [7, 11) is 1.60. The standard InChI is InChI=1S/C25H25F2N7O2/c1-4-20(35)32-11-15(9-13(32)2)34-25(29-3)21(24(28)36)18(31-34)8-7-16-17(26)10-19-23(22(16)27)30-12-33(19)14-5-6-14/h4,10,12-15,29H,1,5-6,9,11H2,2-3H3,(H2,28,36)/t13-,15-/m0/s1. The van der Waals surface area contributed by atoms with Crippen molar-refractivity contribution < 1.29 is 18.4 Å². The van der Waals surface area contributed by atoms with Crippen molar-refractivity contribution in [2.45, 2.75) is 44.3 Å². The van der Waals surface area contributed by atoms with Crippen LogP contribution in [-0.2, 0) is 4.79 Å². The lowest BCUT2D eigenvalue weighted by atomic mass is 10.1. The molecule has 1 saturated carbocycles. The Kier molecular flexibility index (Phi) is 5.74. The highest BCUT2D eigenvalue weighted by Crippen LogP contribution is 2.38. The fourth-order valence-electron chi connectivity index (χ4n) is 4.84. The second kappa shape index (κ2) is 8.78. The second-order valence-corrected chi connectivity index (χ2v) is 9.11. The van der Waals surface area contributed by atoms with Crippen LogP contribution in [0.4, 0.5) is 14.6 Å². The SMILES string of the molecule is C=CC(=O)N1C[C@@H](n2nc(C#Cc3c(F)cc4c(ncn4C4CC4)c3F)c(C(N)=O)c2NC)C[C@@H]1C. The van der Waals surface area contributed by atoms with Crippen molar-refractivity contribution in [1.29, 1.82) is 0 Å². The van der Waals surface area contributed by atoms with Crippen LogP contribution >= 0.6 is 0 Å². The van der Waals surface area contributed by atoms with Gasteiger partial charge in [0.05, 0.1) is 23.4 Å². The molecule has 9 nitrogen and oxygen atoms in total. The minimum absolute atomic E-state index is 0.00561. The van der Waals surface area contributed by atoms with Gasteiger partial charge >= 0.3 is 0 Å². The van der Waals surface area contributed by atoms with Crippen LogP contribution in [0.25, 0.3) is 11.0 Å². The van der Waals surface area contributed by atoms with Crippen LogP contribution in [-0.4, -0.2) is 55.7 Å². The van der Waals surface area contributed by atoms with Crippen molar-refractivity contribution in [3.05, 3.63) is 53.5 Å². The average Bonchev–Trinajstić information content (AvgIpc) is 3.31. The van der Waals surface area contributed by atoms with E-state index in [4.69, 9.17) is 5.73 Å². The van der Waals surface area contributed by atoms with Gasteiger partial charge in [0.25, 0.3) is 5.91 Å². The molecule has 0 unspecified atom stereocenters. The number of carbonyl (C=O) groups excluding carboxylic acids is 2. The van der Waals surface area contributed by atoms with Crippen molar-refractivity contribution in [3.8, 4) is 11.8 Å².